The summed E-state index contributed by atoms with van der Waals surface area (Å²) < 4.78 is 33.8. The van der Waals surface area contributed by atoms with E-state index in [1.54, 1.807) is 31.9 Å². The summed E-state index contributed by atoms with van der Waals surface area (Å²) in [5.74, 6) is -0.150. The normalized spacial score (nSPS) is 19.4. The summed E-state index contributed by atoms with van der Waals surface area (Å²) in [4.78, 5) is 26.7. The van der Waals surface area contributed by atoms with Gasteiger partial charge in [-0.15, -0.1) is 0 Å². The molecule has 0 aromatic heterocycles. The highest BCUT2D eigenvalue weighted by molar-refractivity contribution is 7.89. The van der Waals surface area contributed by atoms with E-state index in [2.05, 4.69) is 5.32 Å². The second-order valence-electron chi connectivity index (χ2n) is 8.78. The summed E-state index contributed by atoms with van der Waals surface area (Å²) in [6, 6.07) is 10.9. The average Bonchev–Trinajstić information content (AvgIpc) is 2.79. The number of hydrogen-bond acceptors (Lipinski definition) is 5. The molecular weight excluding hydrogens is 442 g/mol. The maximum Gasteiger partial charge on any atom is 0.265 e. The van der Waals surface area contributed by atoms with Gasteiger partial charge in [-0.1, -0.05) is 12.1 Å². The van der Waals surface area contributed by atoms with Crippen molar-refractivity contribution in [3.63, 3.8) is 0 Å². The maximum absolute atomic E-state index is 13.4. The molecule has 1 fully saturated rings. The first kappa shape index (κ1) is 23.3. The Bertz CT molecular complexity index is 1200. The van der Waals surface area contributed by atoms with E-state index in [1.165, 1.54) is 10.4 Å². The number of fused-ring (bicyclic) bond motifs is 1. The number of aryl methyl sites for hydroxylation is 2. The lowest BCUT2D eigenvalue weighted by Gasteiger charge is -2.33. The third-order valence-corrected chi connectivity index (χ3v) is 8.39. The van der Waals surface area contributed by atoms with Crippen LogP contribution >= 0.6 is 0 Å². The fraction of sp³-hybridized carbons (Fsp3) is 0.417. The zero-order chi connectivity index (χ0) is 23.9. The van der Waals surface area contributed by atoms with Gasteiger partial charge in [0.25, 0.3) is 5.91 Å². The minimum Gasteiger partial charge on any atom is -0.479 e. The Hall–Kier alpha value is -2.91. The zero-order valence-electron chi connectivity index (χ0n) is 19.3. The highest BCUT2D eigenvalue weighted by Crippen LogP contribution is 2.36. The van der Waals surface area contributed by atoms with E-state index < -0.39 is 16.1 Å². The molecule has 0 saturated carbocycles. The van der Waals surface area contributed by atoms with Crippen LogP contribution < -0.4 is 15.0 Å². The molecule has 2 aromatic rings. The number of amides is 2. The van der Waals surface area contributed by atoms with Gasteiger partial charge in [0, 0.05) is 37.8 Å². The molecule has 33 heavy (non-hydrogen) atoms. The van der Waals surface area contributed by atoms with Crippen LogP contribution in [0.1, 0.15) is 30.9 Å². The smallest absolute Gasteiger partial charge is 0.265 e. The number of sulfonamides is 1. The summed E-state index contributed by atoms with van der Waals surface area (Å²) >= 11 is 0. The molecule has 2 aliphatic heterocycles. The van der Waals surface area contributed by atoms with E-state index in [0.717, 1.165) is 11.3 Å². The molecule has 2 amide bonds. The summed E-state index contributed by atoms with van der Waals surface area (Å²) in [7, 11) is -2.01. The topological polar surface area (TPSA) is 96.0 Å². The Balaban J connectivity index is 1.48. The molecule has 9 heteroatoms. The molecule has 0 radical (unpaired) electrons. The van der Waals surface area contributed by atoms with Crippen molar-refractivity contribution in [2.75, 3.05) is 30.4 Å². The Labute approximate surface area is 194 Å². The predicted molar refractivity (Wildman–Crippen MR) is 126 cm³/mol. The summed E-state index contributed by atoms with van der Waals surface area (Å²) in [6.45, 7) is 5.83. The fourth-order valence-electron chi connectivity index (χ4n) is 4.34. The van der Waals surface area contributed by atoms with Crippen molar-refractivity contribution >= 4 is 33.2 Å². The Morgan fingerprint density at radius 1 is 1.15 bits per heavy atom. The highest BCUT2D eigenvalue weighted by Gasteiger charge is 2.35. The van der Waals surface area contributed by atoms with E-state index in [-0.39, 0.29) is 35.7 Å². The Morgan fingerprint density at radius 2 is 1.85 bits per heavy atom. The molecule has 0 spiro atoms. The van der Waals surface area contributed by atoms with Crippen LogP contribution in [0.3, 0.4) is 0 Å². The standard InChI is InChI=1S/C24H29N3O5S/c1-15-6-5-7-19(12-15)26(4)24(29)18-8-10-27(11-9-18)33(30,31)22-14-21-20(13-16(22)2)25-23(28)17(3)32-21/h5-7,12-14,17-18H,8-11H2,1-4H3,(H,25,28). The first-order chi connectivity index (χ1) is 15.6. The average molecular weight is 472 g/mol. The molecule has 2 aliphatic rings. The van der Waals surface area contributed by atoms with Crippen LogP contribution in [-0.4, -0.2) is 50.8 Å². The van der Waals surface area contributed by atoms with Crippen molar-refractivity contribution in [1.29, 1.82) is 0 Å². The Morgan fingerprint density at radius 3 is 2.52 bits per heavy atom. The first-order valence-electron chi connectivity index (χ1n) is 11.0. The van der Waals surface area contributed by atoms with Crippen molar-refractivity contribution in [2.45, 2.75) is 44.6 Å². The number of ether oxygens (including phenoxy) is 1. The molecule has 4 rings (SSSR count). The van der Waals surface area contributed by atoms with Crippen molar-refractivity contribution in [2.24, 2.45) is 5.92 Å². The molecule has 176 valence electrons. The van der Waals surface area contributed by atoms with Gasteiger partial charge < -0.3 is 15.0 Å². The largest absolute Gasteiger partial charge is 0.479 e. The van der Waals surface area contributed by atoms with Crippen LogP contribution in [0.15, 0.2) is 41.3 Å². The van der Waals surface area contributed by atoms with Crippen LogP contribution in [0.5, 0.6) is 5.75 Å². The molecule has 2 heterocycles. The number of hydrogen-bond donors (Lipinski definition) is 1. The lowest BCUT2D eigenvalue weighted by Crippen LogP contribution is -2.43. The van der Waals surface area contributed by atoms with Gasteiger partial charge in [0.15, 0.2) is 6.10 Å². The molecule has 0 aliphatic carbocycles. The highest BCUT2D eigenvalue weighted by atomic mass is 32.2. The molecule has 2 aromatic carbocycles. The van der Waals surface area contributed by atoms with Gasteiger partial charge in [0.05, 0.1) is 10.6 Å². The van der Waals surface area contributed by atoms with E-state index in [4.69, 9.17) is 4.74 Å². The quantitative estimate of drug-likeness (QED) is 0.739. The van der Waals surface area contributed by atoms with Gasteiger partial charge in [-0.05, 0) is 62.9 Å². The number of carbonyl (C=O) groups excluding carboxylic acids is 2. The molecule has 1 saturated heterocycles. The lowest BCUT2D eigenvalue weighted by molar-refractivity contribution is -0.123. The van der Waals surface area contributed by atoms with Gasteiger partial charge >= 0.3 is 0 Å². The molecule has 0 bridgehead atoms. The van der Waals surface area contributed by atoms with Gasteiger partial charge in [-0.25, -0.2) is 8.42 Å². The number of piperidine rings is 1. The van der Waals surface area contributed by atoms with Gasteiger partial charge in [0.1, 0.15) is 5.75 Å². The van der Waals surface area contributed by atoms with Crippen molar-refractivity contribution in [3.05, 3.63) is 47.5 Å². The molecule has 1 N–H and O–H groups in total. The fourth-order valence-corrected chi connectivity index (χ4v) is 6.03. The second-order valence-corrected chi connectivity index (χ2v) is 10.7. The summed E-state index contributed by atoms with van der Waals surface area (Å²) in [5.41, 5.74) is 2.91. The van der Waals surface area contributed by atoms with E-state index in [1.807, 2.05) is 31.2 Å². The zero-order valence-corrected chi connectivity index (χ0v) is 20.1. The van der Waals surface area contributed by atoms with Crippen molar-refractivity contribution in [3.8, 4) is 5.75 Å². The molecule has 8 nitrogen and oxygen atoms in total. The number of nitrogens with one attached hydrogen (secondary N) is 1. The van der Waals surface area contributed by atoms with Gasteiger partial charge in [-0.3, -0.25) is 9.59 Å². The SMILES string of the molecule is Cc1cccc(N(C)C(=O)C2CCN(S(=O)(=O)c3cc4c(cc3C)NC(=O)C(C)O4)CC2)c1. The van der Waals surface area contributed by atoms with E-state index in [0.29, 0.717) is 29.8 Å². The number of nitrogens with zero attached hydrogens (tertiary/aromatic N) is 2. The third-order valence-electron chi connectivity index (χ3n) is 6.35. The third kappa shape index (κ3) is 4.47. The van der Waals surface area contributed by atoms with Gasteiger partial charge in [0.2, 0.25) is 15.9 Å². The van der Waals surface area contributed by atoms with Crippen molar-refractivity contribution in [1.82, 2.24) is 4.31 Å². The summed E-state index contributed by atoms with van der Waals surface area (Å²) in [6.07, 6.45) is 0.228. The van der Waals surface area contributed by atoms with Crippen LogP contribution in [-0.2, 0) is 19.6 Å². The lowest BCUT2D eigenvalue weighted by atomic mass is 9.96. The minimum atomic E-state index is -3.77. The van der Waals surface area contributed by atoms with Crippen LogP contribution in [0.4, 0.5) is 11.4 Å². The molecular formula is C24H29N3O5S. The number of rotatable bonds is 4. The number of anilines is 2. The van der Waals surface area contributed by atoms with Crippen LogP contribution in [0, 0.1) is 19.8 Å². The van der Waals surface area contributed by atoms with Crippen LogP contribution in [0.2, 0.25) is 0 Å². The number of benzene rings is 2. The monoisotopic (exact) mass is 471 g/mol. The molecule has 1 atom stereocenters. The van der Waals surface area contributed by atoms with Gasteiger partial charge in [-0.2, -0.15) is 4.31 Å². The maximum atomic E-state index is 13.4. The van der Waals surface area contributed by atoms with E-state index >= 15 is 0 Å². The summed E-state index contributed by atoms with van der Waals surface area (Å²) in [5, 5.41) is 2.74. The predicted octanol–water partition coefficient (Wildman–Crippen LogP) is 3.09. The minimum absolute atomic E-state index is 0.000684. The second kappa shape index (κ2) is 8.79. The van der Waals surface area contributed by atoms with E-state index in [9.17, 15) is 18.0 Å². The van der Waals surface area contributed by atoms with Crippen molar-refractivity contribution < 1.29 is 22.7 Å². The Kier molecular flexibility index (Phi) is 6.20. The first-order valence-corrected chi connectivity index (χ1v) is 12.5. The number of carbonyl (C=O) groups is 2. The molecule has 1 unspecified atom stereocenters. The van der Waals surface area contributed by atoms with Crippen LogP contribution in [0.25, 0.3) is 0 Å².